The maximum absolute atomic E-state index is 12.9. The van der Waals surface area contributed by atoms with Crippen LogP contribution in [-0.2, 0) is 17.0 Å². The molecular formula is C18H22FN3O2S. The molecule has 1 atom stereocenters. The Morgan fingerprint density at radius 3 is 2.64 bits per heavy atom. The van der Waals surface area contributed by atoms with Gasteiger partial charge < -0.3 is 10.3 Å². The zero-order chi connectivity index (χ0) is 18.4. The van der Waals surface area contributed by atoms with Crippen molar-refractivity contribution in [2.45, 2.75) is 50.6 Å². The number of halogens is 1. The van der Waals surface area contributed by atoms with Crippen LogP contribution >= 0.6 is 11.8 Å². The number of H-pyrrole nitrogens is 1. The van der Waals surface area contributed by atoms with Gasteiger partial charge in [0.2, 0.25) is 5.91 Å². The third-order valence-electron chi connectivity index (χ3n) is 3.85. The molecule has 0 aliphatic rings. The van der Waals surface area contributed by atoms with E-state index in [1.165, 1.54) is 23.9 Å². The molecule has 5 nitrogen and oxygen atoms in total. The van der Waals surface area contributed by atoms with Crippen molar-refractivity contribution in [3.8, 4) is 0 Å². The Bertz CT molecular complexity index is 790. The predicted molar refractivity (Wildman–Crippen MR) is 97.2 cm³/mol. The first-order valence-corrected chi connectivity index (χ1v) is 9.14. The van der Waals surface area contributed by atoms with Crippen LogP contribution in [0.3, 0.4) is 0 Å². The minimum atomic E-state index is -0.298. The molecule has 0 saturated heterocycles. The Morgan fingerprint density at radius 1 is 1.36 bits per heavy atom. The highest BCUT2D eigenvalue weighted by Gasteiger charge is 2.14. The topological polar surface area (TPSA) is 74.8 Å². The number of aromatic amines is 1. The molecule has 0 radical (unpaired) electrons. The largest absolute Gasteiger partial charge is 0.353 e. The van der Waals surface area contributed by atoms with Crippen LogP contribution in [0.25, 0.3) is 0 Å². The lowest BCUT2D eigenvalue weighted by Gasteiger charge is -2.12. The SMILES string of the molecule is CCC(C)NC(=O)Cc1c(C)nc(SCc2ccc(F)cc2)[nH]c1=O. The van der Waals surface area contributed by atoms with Gasteiger partial charge in [0.25, 0.3) is 5.56 Å². The smallest absolute Gasteiger partial charge is 0.255 e. The second-order valence-corrected chi connectivity index (χ2v) is 6.87. The summed E-state index contributed by atoms with van der Waals surface area (Å²) in [5, 5.41) is 3.33. The van der Waals surface area contributed by atoms with E-state index in [4.69, 9.17) is 0 Å². The highest BCUT2D eigenvalue weighted by Crippen LogP contribution is 2.19. The van der Waals surface area contributed by atoms with Gasteiger partial charge in [-0.05, 0) is 38.0 Å². The molecule has 1 aromatic heterocycles. The Labute approximate surface area is 150 Å². The van der Waals surface area contributed by atoms with Gasteiger partial charge >= 0.3 is 0 Å². The van der Waals surface area contributed by atoms with Crippen molar-refractivity contribution in [3.05, 3.63) is 57.3 Å². The molecule has 1 unspecified atom stereocenters. The average Bonchev–Trinajstić information content (AvgIpc) is 2.57. The molecule has 1 amide bonds. The van der Waals surface area contributed by atoms with E-state index in [1.54, 1.807) is 19.1 Å². The Kier molecular flexibility index (Phi) is 6.75. The summed E-state index contributed by atoms with van der Waals surface area (Å²) in [5.74, 6) is 0.101. The fourth-order valence-corrected chi connectivity index (χ4v) is 3.04. The minimum absolute atomic E-state index is 0.0153. The van der Waals surface area contributed by atoms with E-state index in [-0.39, 0.29) is 29.7 Å². The monoisotopic (exact) mass is 363 g/mol. The quantitative estimate of drug-likeness (QED) is 0.586. The summed E-state index contributed by atoms with van der Waals surface area (Å²) >= 11 is 1.36. The standard InChI is InChI=1S/C18H22FN3O2S/c1-4-11(2)20-16(23)9-15-12(3)21-18(22-17(15)24)25-10-13-5-7-14(19)8-6-13/h5-8,11H,4,9-10H2,1-3H3,(H,20,23)(H,21,22,24). The van der Waals surface area contributed by atoms with Gasteiger partial charge in [0.1, 0.15) is 5.82 Å². The molecule has 0 bridgehead atoms. The third kappa shape index (κ3) is 5.70. The number of hydrogen-bond donors (Lipinski definition) is 2. The molecule has 7 heteroatoms. The maximum Gasteiger partial charge on any atom is 0.255 e. The molecular weight excluding hydrogens is 341 g/mol. The number of carbonyl (C=O) groups is 1. The molecule has 0 fully saturated rings. The van der Waals surface area contributed by atoms with E-state index >= 15 is 0 Å². The number of hydrogen-bond acceptors (Lipinski definition) is 4. The number of benzene rings is 1. The minimum Gasteiger partial charge on any atom is -0.353 e. The zero-order valence-electron chi connectivity index (χ0n) is 14.6. The Balaban J connectivity index is 2.05. The molecule has 0 aliphatic carbocycles. The van der Waals surface area contributed by atoms with Crippen molar-refractivity contribution in [1.29, 1.82) is 0 Å². The lowest BCUT2D eigenvalue weighted by molar-refractivity contribution is -0.121. The van der Waals surface area contributed by atoms with Crippen molar-refractivity contribution >= 4 is 17.7 Å². The summed E-state index contributed by atoms with van der Waals surface area (Å²) < 4.78 is 12.9. The fraction of sp³-hybridized carbons (Fsp3) is 0.389. The van der Waals surface area contributed by atoms with Crippen molar-refractivity contribution < 1.29 is 9.18 Å². The summed E-state index contributed by atoms with van der Waals surface area (Å²) in [6.45, 7) is 5.63. The van der Waals surface area contributed by atoms with E-state index in [2.05, 4.69) is 15.3 Å². The molecule has 2 N–H and O–H groups in total. The summed E-state index contributed by atoms with van der Waals surface area (Å²) in [5.41, 5.74) is 1.56. The van der Waals surface area contributed by atoms with Crippen LogP contribution in [0, 0.1) is 12.7 Å². The van der Waals surface area contributed by atoms with Gasteiger partial charge in [-0.25, -0.2) is 9.37 Å². The first kappa shape index (κ1) is 19.2. The number of rotatable bonds is 7. The van der Waals surface area contributed by atoms with Gasteiger partial charge in [0, 0.05) is 23.1 Å². The molecule has 2 rings (SSSR count). The summed E-state index contributed by atoms with van der Waals surface area (Å²) in [6.07, 6.45) is 0.847. The van der Waals surface area contributed by atoms with Crippen LogP contribution in [0.1, 0.15) is 37.1 Å². The normalized spacial score (nSPS) is 12.0. The van der Waals surface area contributed by atoms with Crippen LogP contribution in [0.5, 0.6) is 0 Å². The van der Waals surface area contributed by atoms with Crippen LogP contribution in [0.4, 0.5) is 4.39 Å². The number of aryl methyl sites for hydroxylation is 1. The van der Waals surface area contributed by atoms with E-state index in [0.29, 0.717) is 22.2 Å². The molecule has 0 saturated carbocycles. The highest BCUT2D eigenvalue weighted by molar-refractivity contribution is 7.98. The van der Waals surface area contributed by atoms with Crippen LogP contribution < -0.4 is 10.9 Å². The third-order valence-corrected chi connectivity index (χ3v) is 4.79. The second kappa shape index (κ2) is 8.80. The summed E-state index contributed by atoms with van der Waals surface area (Å²) in [7, 11) is 0. The number of aromatic nitrogens is 2. The molecule has 1 heterocycles. The average molecular weight is 363 g/mol. The van der Waals surface area contributed by atoms with Crippen molar-refractivity contribution in [1.82, 2.24) is 15.3 Å². The Morgan fingerprint density at radius 2 is 2.04 bits per heavy atom. The van der Waals surface area contributed by atoms with Crippen molar-refractivity contribution in [2.75, 3.05) is 0 Å². The molecule has 0 spiro atoms. The molecule has 2 aromatic rings. The Hall–Kier alpha value is -2.15. The van der Waals surface area contributed by atoms with Gasteiger partial charge in [-0.15, -0.1) is 0 Å². The molecule has 0 aliphatic heterocycles. The van der Waals surface area contributed by atoms with Crippen molar-refractivity contribution in [3.63, 3.8) is 0 Å². The van der Waals surface area contributed by atoms with Gasteiger partial charge in [0.15, 0.2) is 5.16 Å². The lowest BCUT2D eigenvalue weighted by atomic mass is 10.1. The number of nitrogens with one attached hydrogen (secondary N) is 2. The first-order valence-electron chi connectivity index (χ1n) is 8.15. The van der Waals surface area contributed by atoms with Crippen LogP contribution in [-0.4, -0.2) is 21.9 Å². The second-order valence-electron chi connectivity index (χ2n) is 5.90. The van der Waals surface area contributed by atoms with E-state index in [9.17, 15) is 14.0 Å². The number of nitrogens with zero attached hydrogens (tertiary/aromatic N) is 1. The summed E-state index contributed by atoms with van der Waals surface area (Å²) in [4.78, 5) is 31.3. The maximum atomic E-state index is 12.9. The number of amides is 1. The summed E-state index contributed by atoms with van der Waals surface area (Å²) in [6, 6.07) is 6.26. The number of carbonyl (C=O) groups excluding carboxylic acids is 1. The van der Waals surface area contributed by atoms with Crippen LogP contribution in [0.15, 0.2) is 34.2 Å². The number of thioether (sulfide) groups is 1. The zero-order valence-corrected chi connectivity index (χ0v) is 15.4. The van der Waals surface area contributed by atoms with E-state index in [1.807, 2.05) is 13.8 Å². The van der Waals surface area contributed by atoms with E-state index < -0.39 is 0 Å². The molecule has 134 valence electrons. The molecule has 1 aromatic carbocycles. The van der Waals surface area contributed by atoms with Gasteiger partial charge in [-0.3, -0.25) is 9.59 Å². The van der Waals surface area contributed by atoms with Crippen LogP contribution in [0.2, 0.25) is 0 Å². The van der Waals surface area contributed by atoms with Gasteiger partial charge in [-0.1, -0.05) is 30.8 Å². The van der Waals surface area contributed by atoms with Gasteiger partial charge in [0.05, 0.1) is 6.42 Å². The first-order chi connectivity index (χ1) is 11.9. The van der Waals surface area contributed by atoms with E-state index in [0.717, 1.165) is 12.0 Å². The lowest BCUT2D eigenvalue weighted by Crippen LogP contribution is -2.35. The molecule has 25 heavy (non-hydrogen) atoms. The highest BCUT2D eigenvalue weighted by atomic mass is 32.2. The fourth-order valence-electron chi connectivity index (χ4n) is 2.18. The van der Waals surface area contributed by atoms with Crippen molar-refractivity contribution in [2.24, 2.45) is 0 Å². The van der Waals surface area contributed by atoms with Gasteiger partial charge in [-0.2, -0.15) is 0 Å². The predicted octanol–water partition coefficient (Wildman–Crippen LogP) is 2.97.